The third-order valence-electron chi connectivity index (χ3n) is 3.56. The van der Waals surface area contributed by atoms with E-state index < -0.39 is 0 Å². The van der Waals surface area contributed by atoms with E-state index in [0.29, 0.717) is 6.04 Å². The van der Waals surface area contributed by atoms with Gasteiger partial charge in [-0.05, 0) is 54.3 Å². The zero-order valence-electron chi connectivity index (χ0n) is 10.5. The molecule has 1 aliphatic rings. The summed E-state index contributed by atoms with van der Waals surface area (Å²) in [6, 6.07) is 4.83. The lowest BCUT2D eigenvalue weighted by Gasteiger charge is -2.36. The molecule has 1 atom stereocenters. The Bertz CT molecular complexity index is 354. The fourth-order valence-corrected chi connectivity index (χ4v) is 3.13. The molecule has 1 aliphatic heterocycles. The van der Waals surface area contributed by atoms with Gasteiger partial charge in [-0.3, -0.25) is 4.90 Å². The molecule has 17 heavy (non-hydrogen) atoms. The fraction of sp³-hybridized carbons (Fsp3) is 0.643. The predicted octanol–water partition coefficient (Wildman–Crippen LogP) is 4.17. The molecule has 0 spiro atoms. The van der Waals surface area contributed by atoms with E-state index in [2.05, 4.69) is 38.8 Å². The van der Waals surface area contributed by atoms with Gasteiger partial charge < -0.3 is 0 Å². The first-order valence-electron chi connectivity index (χ1n) is 6.67. The summed E-state index contributed by atoms with van der Waals surface area (Å²) in [6.45, 7) is 4.73. The lowest BCUT2D eigenvalue weighted by molar-refractivity contribution is 0.146. The number of hydrogen-bond donors (Lipinski definition) is 0. The fourth-order valence-electron chi connectivity index (χ4n) is 2.62. The minimum atomic E-state index is 0.568. The molecule has 94 valence electrons. The Morgan fingerprint density at radius 2 is 2.35 bits per heavy atom. The molecule has 2 nitrogen and oxygen atoms in total. The monoisotopic (exact) mass is 296 g/mol. The first-order chi connectivity index (χ1) is 8.33. The number of hydrogen-bond acceptors (Lipinski definition) is 2. The van der Waals surface area contributed by atoms with E-state index in [0.717, 1.165) is 4.60 Å². The number of nitrogens with zero attached hydrogens (tertiary/aromatic N) is 2. The second-order valence-corrected chi connectivity index (χ2v) is 5.54. The van der Waals surface area contributed by atoms with Crippen LogP contribution < -0.4 is 0 Å². The highest BCUT2D eigenvalue weighted by Gasteiger charge is 2.24. The first-order valence-corrected chi connectivity index (χ1v) is 7.46. The standard InChI is InChI=1S/C14H21BrN2/c1-2-3-10-17-11-5-4-8-13(17)12-7-6-9-16-14(12)15/h6-7,9,13H,2-5,8,10-11H2,1H3. The zero-order valence-corrected chi connectivity index (χ0v) is 12.1. The molecule has 0 amide bonds. The summed E-state index contributed by atoms with van der Waals surface area (Å²) in [5.74, 6) is 0. The minimum absolute atomic E-state index is 0.568. The Labute approximate surface area is 113 Å². The summed E-state index contributed by atoms with van der Waals surface area (Å²) in [4.78, 5) is 6.99. The van der Waals surface area contributed by atoms with Crippen molar-refractivity contribution >= 4 is 15.9 Å². The molecule has 0 radical (unpaired) electrons. The van der Waals surface area contributed by atoms with E-state index in [4.69, 9.17) is 0 Å². The average Bonchev–Trinajstić information content (AvgIpc) is 2.37. The number of pyridine rings is 1. The number of piperidine rings is 1. The molecule has 0 bridgehead atoms. The maximum atomic E-state index is 4.36. The van der Waals surface area contributed by atoms with Crippen molar-refractivity contribution < 1.29 is 0 Å². The molecule has 1 fully saturated rings. The van der Waals surface area contributed by atoms with E-state index in [1.165, 1.54) is 50.8 Å². The summed E-state index contributed by atoms with van der Waals surface area (Å²) in [6.07, 6.45) is 8.39. The third-order valence-corrected chi connectivity index (χ3v) is 4.22. The first kappa shape index (κ1) is 13.0. The SMILES string of the molecule is CCCCN1CCCCC1c1cccnc1Br. The van der Waals surface area contributed by atoms with Gasteiger partial charge in [-0.2, -0.15) is 0 Å². The maximum Gasteiger partial charge on any atom is 0.110 e. The average molecular weight is 297 g/mol. The summed E-state index contributed by atoms with van der Waals surface area (Å²) in [5.41, 5.74) is 1.36. The van der Waals surface area contributed by atoms with Crippen molar-refractivity contribution in [3.63, 3.8) is 0 Å². The van der Waals surface area contributed by atoms with Crippen molar-refractivity contribution in [3.05, 3.63) is 28.5 Å². The molecule has 1 aromatic heterocycles. The van der Waals surface area contributed by atoms with Crippen molar-refractivity contribution in [2.24, 2.45) is 0 Å². The Balaban J connectivity index is 2.13. The van der Waals surface area contributed by atoms with Gasteiger partial charge in [0.05, 0.1) is 0 Å². The highest BCUT2D eigenvalue weighted by Crippen LogP contribution is 2.33. The highest BCUT2D eigenvalue weighted by molar-refractivity contribution is 9.10. The van der Waals surface area contributed by atoms with Gasteiger partial charge in [0.1, 0.15) is 4.60 Å². The molecule has 0 saturated carbocycles. The van der Waals surface area contributed by atoms with Gasteiger partial charge in [0.15, 0.2) is 0 Å². The third kappa shape index (κ3) is 3.29. The van der Waals surface area contributed by atoms with Crippen LogP contribution in [0.3, 0.4) is 0 Å². The summed E-state index contributed by atoms with van der Waals surface area (Å²) in [7, 11) is 0. The molecule has 1 aromatic rings. The van der Waals surface area contributed by atoms with Crippen LogP contribution in [0.4, 0.5) is 0 Å². The van der Waals surface area contributed by atoms with Crippen molar-refractivity contribution in [2.45, 2.75) is 45.1 Å². The number of rotatable bonds is 4. The molecule has 0 N–H and O–H groups in total. The van der Waals surface area contributed by atoms with E-state index in [1.807, 2.05) is 12.3 Å². The molecule has 1 saturated heterocycles. The van der Waals surface area contributed by atoms with E-state index in [1.54, 1.807) is 0 Å². The normalized spacial score (nSPS) is 21.6. The van der Waals surface area contributed by atoms with Crippen LogP contribution >= 0.6 is 15.9 Å². The number of aromatic nitrogens is 1. The lowest BCUT2D eigenvalue weighted by Crippen LogP contribution is -2.34. The van der Waals surface area contributed by atoms with Gasteiger partial charge in [0, 0.05) is 17.8 Å². The predicted molar refractivity (Wildman–Crippen MR) is 75.0 cm³/mol. The van der Waals surface area contributed by atoms with Gasteiger partial charge in [0.2, 0.25) is 0 Å². The quantitative estimate of drug-likeness (QED) is 0.775. The number of halogens is 1. The van der Waals surface area contributed by atoms with Gasteiger partial charge >= 0.3 is 0 Å². The molecule has 3 heteroatoms. The maximum absolute atomic E-state index is 4.36. The van der Waals surface area contributed by atoms with Crippen LogP contribution in [0.15, 0.2) is 22.9 Å². The lowest BCUT2D eigenvalue weighted by atomic mass is 9.96. The van der Waals surface area contributed by atoms with Crippen molar-refractivity contribution in [1.82, 2.24) is 9.88 Å². The second-order valence-electron chi connectivity index (χ2n) is 4.78. The molecular weight excluding hydrogens is 276 g/mol. The smallest absolute Gasteiger partial charge is 0.110 e. The molecule has 1 unspecified atom stereocenters. The van der Waals surface area contributed by atoms with Crippen LogP contribution in [-0.4, -0.2) is 23.0 Å². The van der Waals surface area contributed by atoms with Crippen molar-refractivity contribution in [2.75, 3.05) is 13.1 Å². The minimum Gasteiger partial charge on any atom is -0.296 e. The van der Waals surface area contributed by atoms with Crippen LogP contribution in [0.5, 0.6) is 0 Å². The van der Waals surface area contributed by atoms with E-state index >= 15 is 0 Å². The second kappa shape index (κ2) is 6.50. The van der Waals surface area contributed by atoms with Crippen LogP contribution in [-0.2, 0) is 0 Å². The summed E-state index contributed by atoms with van der Waals surface area (Å²) in [5, 5.41) is 0. The van der Waals surface area contributed by atoms with E-state index in [-0.39, 0.29) is 0 Å². The topological polar surface area (TPSA) is 16.1 Å². The number of unbranched alkanes of at least 4 members (excludes halogenated alkanes) is 1. The van der Waals surface area contributed by atoms with Crippen LogP contribution in [0.2, 0.25) is 0 Å². The zero-order chi connectivity index (χ0) is 12.1. The van der Waals surface area contributed by atoms with Gasteiger partial charge in [0.25, 0.3) is 0 Å². The van der Waals surface area contributed by atoms with Crippen LogP contribution in [0.25, 0.3) is 0 Å². The largest absolute Gasteiger partial charge is 0.296 e. The Morgan fingerprint density at radius 1 is 1.47 bits per heavy atom. The van der Waals surface area contributed by atoms with Crippen molar-refractivity contribution in [1.29, 1.82) is 0 Å². The van der Waals surface area contributed by atoms with E-state index in [9.17, 15) is 0 Å². The van der Waals surface area contributed by atoms with Gasteiger partial charge in [-0.1, -0.05) is 25.8 Å². The van der Waals surface area contributed by atoms with Gasteiger partial charge in [-0.25, -0.2) is 4.98 Å². The summed E-state index contributed by atoms with van der Waals surface area (Å²) >= 11 is 3.59. The van der Waals surface area contributed by atoms with Crippen LogP contribution in [0.1, 0.15) is 50.6 Å². The molecule has 0 aromatic carbocycles. The summed E-state index contributed by atoms with van der Waals surface area (Å²) < 4.78 is 1.02. The van der Waals surface area contributed by atoms with Crippen molar-refractivity contribution in [3.8, 4) is 0 Å². The Morgan fingerprint density at radius 3 is 3.12 bits per heavy atom. The Kier molecular flexibility index (Phi) is 4.99. The molecular formula is C14H21BrN2. The van der Waals surface area contributed by atoms with Gasteiger partial charge in [-0.15, -0.1) is 0 Å². The molecule has 2 rings (SSSR count). The molecule has 0 aliphatic carbocycles. The molecule has 2 heterocycles. The number of likely N-dealkylation sites (tertiary alicyclic amines) is 1. The Hall–Kier alpha value is -0.410. The highest BCUT2D eigenvalue weighted by atomic mass is 79.9. The van der Waals surface area contributed by atoms with Crippen LogP contribution in [0, 0.1) is 0 Å².